The summed E-state index contributed by atoms with van der Waals surface area (Å²) in [4.78, 5) is 64.8. The van der Waals surface area contributed by atoms with E-state index in [2.05, 4.69) is 23.2 Å². The molecule has 0 bridgehead atoms. The number of aliphatic hydroxyl groups is 2. The molecule has 1 spiro atoms. The highest BCUT2D eigenvalue weighted by Gasteiger charge is 2.75. The van der Waals surface area contributed by atoms with Crippen molar-refractivity contribution in [3.63, 3.8) is 0 Å². The van der Waals surface area contributed by atoms with Crippen molar-refractivity contribution in [2.24, 2.45) is 5.92 Å². The maximum absolute atomic E-state index is 16.4. The molecule has 13 heteroatoms. The summed E-state index contributed by atoms with van der Waals surface area (Å²) in [5.74, 6) is 3.23. The fraction of sp³-hybridized carbons (Fsp3) is 0.309. The molecule has 13 nitrogen and oxygen atoms in total. The van der Waals surface area contributed by atoms with Crippen LogP contribution in [0.15, 0.2) is 145 Å². The molecule has 7 atom stereocenters. The molecule has 348 valence electrons. The Hall–Kier alpha value is -7.08. The fourth-order valence-corrected chi connectivity index (χ4v) is 10.4. The van der Waals surface area contributed by atoms with E-state index >= 15 is 14.4 Å². The summed E-state index contributed by atoms with van der Waals surface area (Å²) in [7, 11) is 1.47. The lowest BCUT2D eigenvalue weighted by Crippen LogP contribution is -2.56. The van der Waals surface area contributed by atoms with Crippen molar-refractivity contribution >= 4 is 29.6 Å². The lowest BCUT2D eigenvalue weighted by Gasteiger charge is -2.46. The van der Waals surface area contributed by atoms with E-state index in [1.54, 1.807) is 66.7 Å². The fourth-order valence-electron chi connectivity index (χ4n) is 10.4. The van der Waals surface area contributed by atoms with Crippen LogP contribution in [0.2, 0.25) is 0 Å². The minimum atomic E-state index is -2.06. The molecule has 9 rings (SSSR count). The minimum absolute atomic E-state index is 0.0331. The highest BCUT2D eigenvalue weighted by atomic mass is 16.6. The average molecular weight is 916 g/mol. The Labute approximate surface area is 395 Å². The number of rotatable bonds is 13. The van der Waals surface area contributed by atoms with Gasteiger partial charge in [0.25, 0.3) is 0 Å². The van der Waals surface area contributed by atoms with Crippen molar-refractivity contribution in [2.75, 3.05) is 45.0 Å². The van der Waals surface area contributed by atoms with Gasteiger partial charge in [-0.2, -0.15) is 0 Å². The zero-order chi connectivity index (χ0) is 47.2. The van der Waals surface area contributed by atoms with Crippen molar-refractivity contribution < 1.29 is 48.3 Å². The zero-order valence-corrected chi connectivity index (χ0v) is 37.7. The number of benzene rings is 5. The summed E-state index contributed by atoms with van der Waals surface area (Å²) in [6, 6.07) is 36.4. The number of fused-ring (bicyclic) bond motifs is 3. The molecule has 3 aliphatic heterocycles. The van der Waals surface area contributed by atoms with Crippen LogP contribution in [-0.4, -0.2) is 85.1 Å². The van der Waals surface area contributed by atoms with E-state index in [1.165, 1.54) is 7.11 Å². The van der Waals surface area contributed by atoms with Gasteiger partial charge in [-0.1, -0.05) is 121 Å². The molecule has 2 fully saturated rings. The number of imide groups is 1. The molecule has 0 aromatic heterocycles. The maximum Gasteiger partial charge on any atom is 0.421 e. The van der Waals surface area contributed by atoms with Gasteiger partial charge in [0.2, 0.25) is 11.8 Å². The number of carbonyl (C=O) groups is 4. The summed E-state index contributed by atoms with van der Waals surface area (Å²) >= 11 is 0. The number of cyclic esters (lactones) is 1. The van der Waals surface area contributed by atoms with Crippen LogP contribution in [0.3, 0.4) is 0 Å². The topological polar surface area (TPSA) is 164 Å². The van der Waals surface area contributed by atoms with Gasteiger partial charge in [0.15, 0.2) is 0 Å². The predicted octanol–water partition coefficient (Wildman–Crippen LogP) is 7.21. The number of anilines is 1. The highest BCUT2D eigenvalue weighted by molar-refractivity contribution is 6.23. The molecule has 1 aliphatic carbocycles. The third-order valence-corrected chi connectivity index (χ3v) is 13.3. The summed E-state index contributed by atoms with van der Waals surface area (Å²) in [5, 5.41) is 24.0. The minimum Gasteiger partial charge on any atom is -0.491 e. The third kappa shape index (κ3) is 8.68. The smallest absolute Gasteiger partial charge is 0.421 e. The van der Waals surface area contributed by atoms with E-state index in [4.69, 9.17) is 18.9 Å². The van der Waals surface area contributed by atoms with Crippen LogP contribution in [0.5, 0.6) is 5.75 Å². The first-order valence-electron chi connectivity index (χ1n) is 23.0. The maximum atomic E-state index is 16.4. The van der Waals surface area contributed by atoms with Gasteiger partial charge in [0.1, 0.15) is 36.5 Å². The Kier molecular flexibility index (Phi) is 13.8. The number of hydrogen-bond donors (Lipinski definition) is 3. The van der Waals surface area contributed by atoms with Gasteiger partial charge in [0, 0.05) is 19.2 Å². The van der Waals surface area contributed by atoms with Crippen LogP contribution in [0.1, 0.15) is 83.4 Å². The number of esters is 1. The quantitative estimate of drug-likeness (QED) is 0.0622. The highest BCUT2D eigenvalue weighted by Crippen LogP contribution is 2.66. The monoisotopic (exact) mass is 915 g/mol. The van der Waals surface area contributed by atoms with Crippen molar-refractivity contribution in [1.29, 1.82) is 0 Å². The van der Waals surface area contributed by atoms with E-state index in [1.807, 2.05) is 71.6 Å². The summed E-state index contributed by atoms with van der Waals surface area (Å²) in [6.45, 7) is -0.566. The molecule has 68 heavy (non-hydrogen) atoms. The van der Waals surface area contributed by atoms with Gasteiger partial charge in [-0.25, -0.2) is 9.69 Å². The Morgan fingerprint density at radius 2 is 1.53 bits per heavy atom. The second-order valence-corrected chi connectivity index (χ2v) is 17.3. The lowest BCUT2D eigenvalue weighted by atomic mass is 9.65. The standard InChI is InChI=1S/C55H53N3O10/c1-65-32-33-67-54(64)57-44-29-24-37(23-22-36-14-6-2-7-15-36)34-43(44)55(53(57)63)46(51(61)56-35-45(60)38-16-8-3-9-17-38)48-52(62)68-49(40-20-12-5-13-21-40)47(39-18-10-4-11-19-39)58(48)50(55)41-25-27-42(28-26-41)66-31-30-59/h3-5,8-14,16-21,24-29,34,45-50,59-60H,2,6-7,15,30-33,35H2,1H3,(H,56,61)/t45-,46-,47-,48-,49+,50+,55-/m0/s1. The predicted molar refractivity (Wildman–Crippen MR) is 252 cm³/mol. The Bertz CT molecular complexity index is 2720. The average Bonchev–Trinajstić information content (AvgIpc) is 3.84. The largest absolute Gasteiger partial charge is 0.491 e. The van der Waals surface area contributed by atoms with E-state index in [9.17, 15) is 15.0 Å². The van der Waals surface area contributed by atoms with Gasteiger partial charge in [-0.05, 0) is 89.4 Å². The van der Waals surface area contributed by atoms with Crippen LogP contribution in [0.4, 0.5) is 10.5 Å². The number of aliphatic hydroxyl groups excluding tert-OH is 2. The molecule has 5 aromatic carbocycles. The Balaban J connectivity index is 1.32. The third-order valence-electron chi connectivity index (χ3n) is 13.3. The second kappa shape index (κ2) is 20.4. The normalized spacial score (nSPS) is 23.4. The van der Waals surface area contributed by atoms with Gasteiger partial charge in [0.05, 0.1) is 43.0 Å². The summed E-state index contributed by atoms with van der Waals surface area (Å²) in [6.07, 6.45) is 2.93. The summed E-state index contributed by atoms with van der Waals surface area (Å²) in [5.41, 5.74) is 2.41. The molecular formula is C55H53N3O10. The first-order chi connectivity index (χ1) is 33.3. The number of morpholine rings is 1. The first kappa shape index (κ1) is 46.0. The van der Waals surface area contributed by atoms with Crippen LogP contribution in [0.25, 0.3) is 0 Å². The van der Waals surface area contributed by atoms with Crippen molar-refractivity contribution in [3.8, 4) is 17.6 Å². The second-order valence-electron chi connectivity index (χ2n) is 17.3. The molecule has 0 saturated carbocycles. The molecule has 3 heterocycles. The molecule has 4 aliphatic rings. The van der Waals surface area contributed by atoms with E-state index in [0.29, 0.717) is 28.0 Å². The van der Waals surface area contributed by atoms with E-state index < -0.39 is 65.5 Å². The van der Waals surface area contributed by atoms with E-state index in [-0.39, 0.29) is 44.2 Å². The van der Waals surface area contributed by atoms with Crippen LogP contribution >= 0.6 is 0 Å². The first-order valence-corrected chi connectivity index (χ1v) is 23.0. The molecule has 0 radical (unpaired) electrons. The molecule has 0 unspecified atom stereocenters. The molecule has 2 saturated heterocycles. The van der Waals surface area contributed by atoms with Gasteiger partial charge >= 0.3 is 12.1 Å². The molecule has 3 N–H and O–H groups in total. The molecular weight excluding hydrogens is 863 g/mol. The van der Waals surface area contributed by atoms with Crippen molar-refractivity contribution in [1.82, 2.24) is 10.2 Å². The van der Waals surface area contributed by atoms with E-state index in [0.717, 1.165) is 41.7 Å². The van der Waals surface area contributed by atoms with Crippen LogP contribution < -0.4 is 15.0 Å². The van der Waals surface area contributed by atoms with Gasteiger partial charge < -0.3 is 34.5 Å². The number of nitrogens with zero attached hydrogens (tertiary/aromatic N) is 2. The van der Waals surface area contributed by atoms with Crippen LogP contribution in [0, 0.1) is 17.8 Å². The number of ether oxygens (including phenoxy) is 4. The van der Waals surface area contributed by atoms with Crippen LogP contribution in [-0.2, 0) is 34.0 Å². The number of nitrogens with one attached hydrogen (secondary N) is 1. The SMILES string of the molecule is COCCOC(=O)N1C(=O)[C@@]2(c3cc(C#CC4=CCCCC4)ccc31)[C@H](C(=O)NC[C@H](O)c1ccccc1)[C@H]1C(=O)O[C@H](c3ccccc3)[C@H](c3ccccc3)N1[C@@H]2c1ccc(OCCO)cc1. The summed E-state index contributed by atoms with van der Waals surface area (Å²) < 4.78 is 23.3. The van der Waals surface area contributed by atoms with Gasteiger partial charge in [-0.3, -0.25) is 19.3 Å². The number of methoxy groups -OCH3 is 1. The van der Waals surface area contributed by atoms with Gasteiger partial charge in [-0.15, -0.1) is 0 Å². The lowest BCUT2D eigenvalue weighted by molar-refractivity contribution is -0.178. The molecule has 3 amide bonds. The number of amides is 3. The molecule has 5 aromatic rings. The number of hydrogen-bond acceptors (Lipinski definition) is 11. The number of carbonyl (C=O) groups excluding carboxylic acids is 4. The van der Waals surface area contributed by atoms with Crippen molar-refractivity contribution in [2.45, 2.75) is 61.4 Å². The van der Waals surface area contributed by atoms with Crippen molar-refractivity contribution in [3.05, 3.63) is 178 Å². The Morgan fingerprint density at radius 3 is 2.21 bits per heavy atom. The number of allylic oxidation sites excluding steroid dienone is 2. The zero-order valence-electron chi connectivity index (χ0n) is 37.7. The Morgan fingerprint density at radius 1 is 0.824 bits per heavy atom.